The summed E-state index contributed by atoms with van der Waals surface area (Å²) in [6.07, 6.45) is 3.24. The highest BCUT2D eigenvalue weighted by atomic mass is 19.3. The normalized spacial score (nSPS) is 14.5. The van der Waals surface area contributed by atoms with Crippen molar-refractivity contribution in [1.82, 2.24) is 0 Å². The largest absolute Gasteiger partial charge is 0.512 e. The van der Waals surface area contributed by atoms with Gasteiger partial charge in [0, 0.05) is 12.0 Å². The molecule has 3 nitrogen and oxygen atoms in total. The highest BCUT2D eigenvalue weighted by Gasteiger charge is 2.42. The van der Waals surface area contributed by atoms with E-state index < -0.39 is 17.5 Å². The number of aliphatic hydroxyl groups excluding tert-OH is 1. The van der Waals surface area contributed by atoms with Crippen LogP contribution < -0.4 is 0 Å². The Balaban J connectivity index is 2.09. The third-order valence-corrected chi connectivity index (χ3v) is 3.59. The van der Waals surface area contributed by atoms with Crippen LogP contribution in [0, 0.1) is 0 Å². The fraction of sp³-hybridized carbons (Fsp3) is 0.438. The molecule has 0 spiro atoms. The first-order valence-electron chi connectivity index (χ1n) is 6.99. The zero-order valence-corrected chi connectivity index (χ0v) is 11.9. The number of carbonyl (C=O) groups excluding carboxylic acids is 1. The predicted molar refractivity (Wildman–Crippen MR) is 74.2 cm³/mol. The molecule has 0 amide bonds. The maximum Gasteiger partial charge on any atom is 0.381 e. The second-order valence-electron chi connectivity index (χ2n) is 5.07. The smallest absolute Gasteiger partial charge is 0.381 e. The summed E-state index contributed by atoms with van der Waals surface area (Å²) >= 11 is 0. The van der Waals surface area contributed by atoms with Crippen molar-refractivity contribution < 1.29 is 23.4 Å². The van der Waals surface area contributed by atoms with Gasteiger partial charge >= 0.3 is 11.9 Å². The minimum absolute atomic E-state index is 0.0893. The summed E-state index contributed by atoms with van der Waals surface area (Å²) in [5, 5.41) is 9.87. The van der Waals surface area contributed by atoms with Gasteiger partial charge < -0.3 is 9.84 Å². The van der Waals surface area contributed by atoms with Gasteiger partial charge in [-0.15, -0.1) is 0 Å². The number of ether oxygens (including phenoxy) is 1. The molecule has 114 valence electrons. The molecule has 0 radical (unpaired) electrons. The van der Waals surface area contributed by atoms with Crippen molar-refractivity contribution in [1.29, 1.82) is 0 Å². The topological polar surface area (TPSA) is 46.5 Å². The van der Waals surface area contributed by atoms with E-state index in [1.165, 1.54) is 31.2 Å². The molecule has 0 heterocycles. The molecule has 0 aromatic heterocycles. The van der Waals surface area contributed by atoms with Crippen molar-refractivity contribution >= 4 is 5.97 Å². The zero-order chi connectivity index (χ0) is 15.5. The molecule has 5 heteroatoms. The molecule has 1 aliphatic carbocycles. The van der Waals surface area contributed by atoms with Crippen LogP contribution in [0.5, 0.6) is 0 Å². The molecular formula is C16H18F2O3. The van der Waals surface area contributed by atoms with Gasteiger partial charge in [-0.3, -0.25) is 0 Å². The molecule has 1 fully saturated rings. The summed E-state index contributed by atoms with van der Waals surface area (Å²) in [4.78, 5) is 11.2. The third kappa shape index (κ3) is 3.40. The molecule has 0 bridgehead atoms. The van der Waals surface area contributed by atoms with Crippen molar-refractivity contribution in [2.45, 2.75) is 38.5 Å². The molecule has 0 atom stereocenters. The Hall–Kier alpha value is -1.91. The molecule has 21 heavy (non-hydrogen) atoms. The number of hydrogen-bond acceptors (Lipinski definition) is 3. The fourth-order valence-electron chi connectivity index (χ4n) is 2.13. The summed E-state index contributed by atoms with van der Waals surface area (Å²) in [6, 6.07) is 5.39. The van der Waals surface area contributed by atoms with Gasteiger partial charge in [0.15, 0.2) is 0 Å². The van der Waals surface area contributed by atoms with Crippen LogP contribution in [0.3, 0.4) is 0 Å². The van der Waals surface area contributed by atoms with E-state index in [0.29, 0.717) is 12.2 Å². The summed E-state index contributed by atoms with van der Waals surface area (Å²) in [6.45, 7) is 1.39. The Morgan fingerprint density at radius 2 is 1.90 bits per heavy atom. The molecule has 0 aliphatic heterocycles. The number of benzene rings is 1. The van der Waals surface area contributed by atoms with Gasteiger partial charge in [-0.25, -0.2) is 4.79 Å². The molecule has 1 N–H and O–H groups in total. The zero-order valence-electron chi connectivity index (χ0n) is 11.9. The predicted octanol–water partition coefficient (Wildman–Crippen LogP) is 3.88. The van der Waals surface area contributed by atoms with Crippen LogP contribution in [0.15, 0.2) is 35.6 Å². The Kier molecular flexibility index (Phi) is 4.60. The van der Waals surface area contributed by atoms with E-state index in [0.717, 1.165) is 30.4 Å². The number of aliphatic hydroxyl groups is 1. The number of rotatable bonds is 5. The van der Waals surface area contributed by atoms with E-state index in [1.807, 2.05) is 0 Å². The van der Waals surface area contributed by atoms with Crippen molar-refractivity contribution in [3.8, 4) is 0 Å². The molecule has 0 unspecified atom stereocenters. The van der Waals surface area contributed by atoms with E-state index in [-0.39, 0.29) is 6.61 Å². The number of esters is 1. The Morgan fingerprint density at radius 3 is 2.38 bits per heavy atom. The molecule has 0 saturated heterocycles. The van der Waals surface area contributed by atoms with Crippen molar-refractivity contribution in [3.63, 3.8) is 0 Å². The lowest BCUT2D eigenvalue weighted by atomic mass is 9.89. The van der Waals surface area contributed by atoms with Crippen molar-refractivity contribution in [2.75, 3.05) is 6.61 Å². The van der Waals surface area contributed by atoms with Crippen LogP contribution in [0.2, 0.25) is 0 Å². The summed E-state index contributed by atoms with van der Waals surface area (Å²) in [7, 11) is 0. The number of alkyl halides is 2. The van der Waals surface area contributed by atoms with Gasteiger partial charge in [0.1, 0.15) is 0 Å². The van der Waals surface area contributed by atoms with E-state index in [1.54, 1.807) is 0 Å². The second kappa shape index (κ2) is 6.24. The first-order chi connectivity index (χ1) is 9.95. The monoisotopic (exact) mass is 296 g/mol. The molecule has 1 aromatic rings. The highest BCUT2D eigenvalue weighted by Crippen LogP contribution is 2.31. The lowest BCUT2D eigenvalue weighted by molar-refractivity contribution is -0.173. The Labute approximate surface area is 122 Å². The first kappa shape index (κ1) is 15.5. The average Bonchev–Trinajstić information content (AvgIpc) is 2.37. The van der Waals surface area contributed by atoms with Crippen LogP contribution in [-0.4, -0.2) is 17.7 Å². The lowest BCUT2D eigenvalue weighted by Gasteiger charge is -2.19. The van der Waals surface area contributed by atoms with Crippen LogP contribution in [0.25, 0.3) is 0 Å². The minimum atomic E-state index is -3.65. The van der Waals surface area contributed by atoms with E-state index in [9.17, 15) is 18.7 Å². The van der Waals surface area contributed by atoms with Gasteiger partial charge in [0.05, 0.1) is 12.4 Å². The number of allylic oxidation sites excluding steroid dienone is 2. The second-order valence-corrected chi connectivity index (χ2v) is 5.07. The maximum absolute atomic E-state index is 13.8. The molecular weight excluding hydrogens is 278 g/mol. The quantitative estimate of drug-likeness (QED) is 0.662. The Morgan fingerprint density at radius 1 is 1.29 bits per heavy atom. The average molecular weight is 296 g/mol. The number of halogens is 2. The van der Waals surface area contributed by atoms with Gasteiger partial charge in [-0.05, 0) is 37.3 Å². The van der Waals surface area contributed by atoms with Crippen LogP contribution >= 0.6 is 0 Å². The van der Waals surface area contributed by atoms with Crippen LogP contribution in [0.1, 0.15) is 37.3 Å². The van der Waals surface area contributed by atoms with E-state index in [4.69, 9.17) is 0 Å². The number of hydrogen-bond donors (Lipinski definition) is 1. The molecule has 1 aromatic carbocycles. The third-order valence-electron chi connectivity index (χ3n) is 3.59. The van der Waals surface area contributed by atoms with Crippen molar-refractivity contribution in [3.05, 3.63) is 46.7 Å². The molecule has 1 aliphatic rings. The lowest BCUT2D eigenvalue weighted by Crippen LogP contribution is -2.28. The van der Waals surface area contributed by atoms with Crippen molar-refractivity contribution in [2.24, 2.45) is 0 Å². The van der Waals surface area contributed by atoms with E-state index >= 15 is 0 Å². The number of carbonyl (C=O) groups is 1. The maximum atomic E-state index is 13.8. The highest BCUT2D eigenvalue weighted by molar-refractivity contribution is 5.79. The minimum Gasteiger partial charge on any atom is -0.512 e. The molecule has 2 rings (SSSR count). The first-order valence-corrected chi connectivity index (χ1v) is 6.99. The van der Waals surface area contributed by atoms with Crippen LogP contribution in [0.4, 0.5) is 8.78 Å². The van der Waals surface area contributed by atoms with E-state index in [2.05, 4.69) is 4.74 Å². The summed E-state index contributed by atoms with van der Waals surface area (Å²) < 4.78 is 32.0. The van der Waals surface area contributed by atoms with Gasteiger partial charge in [0.2, 0.25) is 0 Å². The summed E-state index contributed by atoms with van der Waals surface area (Å²) in [5.74, 6) is -4.87. The van der Waals surface area contributed by atoms with Crippen LogP contribution in [-0.2, 0) is 21.9 Å². The van der Waals surface area contributed by atoms with Gasteiger partial charge in [-0.1, -0.05) is 24.3 Å². The fourth-order valence-corrected chi connectivity index (χ4v) is 2.13. The van der Waals surface area contributed by atoms with Gasteiger partial charge in [0.25, 0.3) is 0 Å². The standard InChI is InChI=1S/C16H18F2O3/c1-2-21-15(20)16(17,18)13-8-6-11(7-9-13)10-14(19)12-4-3-5-12/h6-9,19H,2-5,10H2,1H3. The SMILES string of the molecule is CCOC(=O)C(F)(F)c1ccc(CC(O)=C2CCC2)cc1. The Bertz CT molecular complexity index is 541. The molecule has 1 saturated carbocycles. The summed E-state index contributed by atoms with van der Waals surface area (Å²) in [5.41, 5.74) is 1.37. The van der Waals surface area contributed by atoms with Gasteiger partial charge in [-0.2, -0.15) is 8.78 Å².